The summed E-state index contributed by atoms with van der Waals surface area (Å²) < 4.78 is 5.27. The lowest BCUT2D eigenvalue weighted by Crippen LogP contribution is -2.02. The van der Waals surface area contributed by atoms with Crippen molar-refractivity contribution < 1.29 is 4.74 Å². The van der Waals surface area contributed by atoms with Crippen molar-refractivity contribution >= 4 is 23.1 Å². The summed E-state index contributed by atoms with van der Waals surface area (Å²) in [7, 11) is 1.63. The lowest BCUT2D eigenvalue weighted by Gasteiger charge is -2.12. The van der Waals surface area contributed by atoms with Crippen LogP contribution in [0.3, 0.4) is 0 Å². The molecule has 0 aliphatic carbocycles. The summed E-state index contributed by atoms with van der Waals surface area (Å²) >= 11 is 5.92. The highest BCUT2D eigenvalue weighted by Gasteiger charge is 2.10. The second-order valence-corrected chi connectivity index (χ2v) is 4.27. The summed E-state index contributed by atoms with van der Waals surface area (Å²) in [5.41, 5.74) is 2.74. The quantitative estimate of drug-likeness (QED) is 0.921. The van der Waals surface area contributed by atoms with E-state index >= 15 is 0 Å². The maximum absolute atomic E-state index is 5.92. The zero-order valence-electron chi connectivity index (χ0n) is 10.5. The molecule has 0 saturated heterocycles. The lowest BCUT2D eigenvalue weighted by molar-refractivity contribution is 0.417. The third-order valence-electron chi connectivity index (χ3n) is 2.82. The van der Waals surface area contributed by atoms with Gasteiger partial charge in [0.25, 0.3) is 0 Å². The van der Waals surface area contributed by atoms with Crippen molar-refractivity contribution in [1.82, 2.24) is 10.2 Å². The molecule has 0 bridgehead atoms. The Morgan fingerprint density at radius 1 is 1.11 bits per heavy atom. The van der Waals surface area contributed by atoms with Crippen LogP contribution in [0.5, 0.6) is 5.75 Å². The van der Waals surface area contributed by atoms with Crippen molar-refractivity contribution in [3.63, 3.8) is 0 Å². The molecule has 1 aromatic carbocycles. The van der Waals surface area contributed by atoms with Gasteiger partial charge in [0.05, 0.1) is 12.8 Å². The Hall–Kier alpha value is -1.81. The van der Waals surface area contributed by atoms with Crippen molar-refractivity contribution in [2.75, 3.05) is 12.4 Å². The minimum atomic E-state index is 0.429. The Morgan fingerprint density at radius 3 is 2.56 bits per heavy atom. The van der Waals surface area contributed by atoms with Gasteiger partial charge in [0.1, 0.15) is 5.75 Å². The Labute approximate surface area is 111 Å². The molecule has 0 spiro atoms. The second-order valence-electron chi connectivity index (χ2n) is 3.91. The van der Waals surface area contributed by atoms with E-state index in [1.807, 2.05) is 38.1 Å². The van der Waals surface area contributed by atoms with Gasteiger partial charge in [0, 0.05) is 0 Å². The fourth-order valence-corrected chi connectivity index (χ4v) is 1.75. The van der Waals surface area contributed by atoms with Gasteiger partial charge >= 0.3 is 0 Å². The molecule has 18 heavy (non-hydrogen) atoms. The van der Waals surface area contributed by atoms with Crippen LogP contribution in [0.15, 0.2) is 24.3 Å². The molecule has 0 radical (unpaired) electrons. The van der Waals surface area contributed by atoms with E-state index in [0.29, 0.717) is 11.0 Å². The third-order valence-corrected chi connectivity index (χ3v) is 3.18. The Morgan fingerprint density at radius 2 is 1.83 bits per heavy atom. The summed E-state index contributed by atoms with van der Waals surface area (Å²) in [6, 6.07) is 7.64. The first-order chi connectivity index (χ1) is 8.63. The number of rotatable bonds is 3. The number of hydrogen-bond donors (Lipinski definition) is 1. The summed E-state index contributed by atoms with van der Waals surface area (Å²) in [5, 5.41) is 11.6. The summed E-state index contributed by atoms with van der Waals surface area (Å²) in [5.74, 6) is 1.44. The summed E-state index contributed by atoms with van der Waals surface area (Å²) in [6.45, 7) is 3.87. The van der Waals surface area contributed by atoms with E-state index in [1.54, 1.807) is 7.11 Å². The zero-order chi connectivity index (χ0) is 13.1. The van der Waals surface area contributed by atoms with Crippen LogP contribution in [-0.2, 0) is 0 Å². The van der Waals surface area contributed by atoms with Gasteiger partial charge in [-0.2, -0.15) is 0 Å². The standard InChI is InChI=1S/C13H14ClN3O/c1-8-9(2)13(17-16-12(8)14)15-10-6-4-5-7-11(10)18-3/h4-7H,1-3H3,(H,15,17). The van der Waals surface area contributed by atoms with Gasteiger partial charge in [0.15, 0.2) is 11.0 Å². The van der Waals surface area contributed by atoms with Crippen molar-refractivity contribution in [2.24, 2.45) is 0 Å². The van der Waals surface area contributed by atoms with E-state index in [4.69, 9.17) is 16.3 Å². The molecular weight excluding hydrogens is 250 g/mol. The maximum atomic E-state index is 5.92. The van der Waals surface area contributed by atoms with Crippen molar-refractivity contribution in [1.29, 1.82) is 0 Å². The molecule has 0 aliphatic heterocycles. The molecule has 1 N–H and O–H groups in total. The molecule has 2 aromatic rings. The summed E-state index contributed by atoms with van der Waals surface area (Å²) in [6.07, 6.45) is 0. The molecule has 4 nitrogen and oxygen atoms in total. The number of hydrogen-bond acceptors (Lipinski definition) is 4. The molecule has 2 rings (SSSR count). The number of anilines is 2. The number of benzene rings is 1. The Bertz CT molecular complexity index is 572. The number of nitrogens with one attached hydrogen (secondary N) is 1. The molecule has 0 saturated carbocycles. The van der Waals surface area contributed by atoms with Crippen LogP contribution in [0.25, 0.3) is 0 Å². The van der Waals surface area contributed by atoms with Gasteiger partial charge in [-0.25, -0.2) is 0 Å². The number of ether oxygens (including phenoxy) is 1. The average Bonchev–Trinajstić information content (AvgIpc) is 2.40. The Balaban J connectivity index is 2.37. The summed E-state index contributed by atoms with van der Waals surface area (Å²) in [4.78, 5) is 0. The van der Waals surface area contributed by atoms with Crippen molar-refractivity contribution in [3.8, 4) is 5.75 Å². The minimum Gasteiger partial charge on any atom is -0.495 e. The van der Waals surface area contributed by atoms with E-state index in [1.165, 1.54) is 0 Å². The highest BCUT2D eigenvalue weighted by atomic mass is 35.5. The average molecular weight is 264 g/mol. The molecule has 94 valence electrons. The van der Waals surface area contributed by atoms with Crippen LogP contribution >= 0.6 is 11.6 Å². The first-order valence-electron chi connectivity index (χ1n) is 5.53. The van der Waals surface area contributed by atoms with Gasteiger partial charge in [-0.3, -0.25) is 0 Å². The molecule has 0 aliphatic rings. The third kappa shape index (κ3) is 2.38. The van der Waals surface area contributed by atoms with Crippen LogP contribution in [0.4, 0.5) is 11.5 Å². The molecule has 0 amide bonds. The topological polar surface area (TPSA) is 47.0 Å². The number of aromatic nitrogens is 2. The predicted molar refractivity (Wildman–Crippen MR) is 72.8 cm³/mol. The van der Waals surface area contributed by atoms with Gasteiger partial charge in [-0.1, -0.05) is 23.7 Å². The van der Waals surface area contributed by atoms with E-state index in [-0.39, 0.29) is 0 Å². The SMILES string of the molecule is COc1ccccc1Nc1nnc(Cl)c(C)c1C. The molecule has 1 aromatic heterocycles. The van der Waals surface area contributed by atoms with Gasteiger partial charge in [-0.05, 0) is 37.1 Å². The van der Waals surface area contributed by atoms with Crippen molar-refractivity contribution in [2.45, 2.75) is 13.8 Å². The molecule has 1 heterocycles. The normalized spacial score (nSPS) is 10.2. The molecule has 0 fully saturated rings. The maximum Gasteiger partial charge on any atom is 0.156 e. The number of nitrogens with zero attached hydrogens (tertiary/aromatic N) is 2. The van der Waals surface area contributed by atoms with Gasteiger partial charge in [-0.15, -0.1) is 10.2 Å². The first-order valence-corrected chi connectivity index (χ1v) is 5.90. The molecular formula is C13H14ClN3O. The highest BCUT2D eigenvalue weighted by molar-refractivity contribution is 6.30. The first kappa shape index (κ1) is 12.6. The monoisotopic (exact) mass is 263 g/mol. The Kier molecular flexibility index (Phi) is 3.67. The minimum absolute atomic E-state index is 0.429. The lowest BCUT2D eigenvalue weighted by atomic mass is 10.2. The van der Waals surface area contributed by atoms with E-state index in [9.17, 15) is 0 Å². The van der Waals surface area contributed by atoms with Crippen LogP contribution in [-0.4, -0.2) is 17.3 Å². The smallest absolute Gasteiger partial charge is 0.156 e. The number of halogens is 1. The highest BCUT2D eigenvalue weighted by Crippen LogP contribution is 2.29. The fourth-order valence-electron chi connectivity index (χ4n) is 1.57. The van der Waals surface area contributed by atoms with E-state index < -0.39 is 0 Å². The molecule has 0 atom stereocenters. The largest absolute Gasteiger partial charge is 0.495 e. The fraction of sp³-hybridized carbons (Fsp3) is 0.231. The van der Waals surface area contributed by atoms with Crippen LogP contribution in [0.1, 0.15) is 11.1 Å². The number of para-hydroxylation sites is 2. The van der Waals surface area contributed by atoms with E-state index in [0.717, 1.165) is 22.6 Å². The molecule has 5 heteroatoms. The predicted octanol–water partition coefficient (Wildman–Crippen LogP) is 3.50. The van der Waals surface area contributed by atoms with Crippen LogP contribution in [0.2, 0.25) is 5.15 Å². The molecule has 0 unspecified atom stereocenters. The number of methoxy groups -OCH3 is 1. The van der Waals surface area contributed by atoms with Crippen molar-refractivity contribution in [3.05, 3.63) is 40.5 Å². The van der Waals surface area contributed by atoms with Gasteiger partial charge < -0.3 is 10.1 Å². The zero-order valence-corrected chi connectivity index (χ0v) is 11.2. The van der Waals surface area contributed by atoms with Crippen LogP contribution in [0, 0.1) is 13.8 Å². The van der Waals surface area contributed by atoms with Crippen LogP contribution < -0.4 is 10.1 Å². The second kappa shape index (κ2) is 5.23. The van der Waals surface area contributed by atoms with Gasteiger partial charge in [0.2, 0.25) is 0 Å². The van der Waals surface area contributed by atoms with E-state index in [2.05, 4.69) is 15.5 Å².